The van der Waals surface area contributed by atoms with Gasteiger partial charge in [0.25, 0.3) is 0 Å². The number of nitrogens with zero attached hydrogens (tertiary/aromatic N) is 2. The molecule has 0 aromatic heterocycles. The van der Waals surface area contributed by atoms with Gasteiger partial charge < -0.3 is 5.73 Å². The summed E-state index contributed by atoms with van der Waals surface area (Å²) in [5.41, 5.74) is 5.53. The van der Waals surface area contributed by atoms with E-state index in [1.54, 1.807) is 0 Å². The fraction of sp³-hybridized carbons (Fsp3) is 0.900. The molecule has 0 atom stereocenters. The molecule has 0 spiro atoms. The van der Waals surface area contributed by atoms with Crippen molar-refractivity contribution in [3.8, 4) is 0 Å². The predicted octanol–water partition coefficient (Wildman–Crippen LogP) is 2.09. The van der Waals surface area contributed by atoms with E-state index in [-0.39, 0.29) is 5.54 Å². The van der Waals surface area contributed by atoms with E-state index in [0.29, 0.717) is 6.54 Å². The van der Waals surface area contributed by atoms with Crippen molar-refractivity contribution in [2.45, 2.75) is 45.6 Å². The van der Waals surface area contributed by atoms with E-state index in [1.807, 2.05) is 6.92 Å². The first-order chi connectivity index (χ1) is 6.24. The van der Waals surface area contributed by atoms with Gasteiger partial charge in [-0.3, -0.25) is 0 Å². The zero-order valence-corrected chi connectivity index (χ0v) is 9.01. The Bertz CT molecular complexity index is 177. The number of nitrogens with two attached hydrogens (primary N) is 1. The average molecular weight is 183 g/mol. The SMILES string of the molecule is CCN=C=NC(CC)(CC)CCN. The predicted molar refractivity (Wildman–Crippen MR) is 57.4 cm³/mol. The number of aliphatic imine (C=N–C) groups is 2. The molecule has 0 unspecified atom stereocenters. The molecule has 0 amide bonds. The lowest BCUT2D eigenvalue weighted by atomic mass is 9.90. The van der Waals surface area contributed by atoms with Gasteiger partial charge in [0.15, 0.2) is 0 Å². The molecule has 3 heteroatoms. The Balaban J connectivity index is 4.46. The van der Waals surface area contributed by atoms with Crippen molar-refractivity contribution in [1.29, 1.82) is 0 Å². The third-order valence-corrected chi connectivity index (χ3v) is 2.44. The number of hydrogen-bond donors (Lipinski definition) is 1. The van der Waals surface area contributed by atoms with E-state index < -0.39 is 0 Å². The van der Waals surface area contributed by atoms with Crippen LogP contribution in [0.4, 0.5) is 0 Å². The second kappa shape index (κ2) is 6.81. The van der Waals surface area contributed by atoms with Crippen LogP contribution in [0.15, 0.2) is 9.98 Å². The fourth-order valence-corrected chi connectivity index (χ4v) is 1.30. The van der Waals surface area contributed by atoms with Crippen LogP contribution < -0.4 is 5.73 Å². The van der Waals surface area contributed by atoms with E-state index >= 15 is 0 Å². The lowest BCUT2D eigenvalue weighted by molar-refractivity contribution is 0.378. The smallest absolute Gasteiger partial charge is 0.0898 e. The minimum absolute atomic E-state index is 0.0204. The average Bonchev–Trinajstić information content (AvgIpc) is 2.17. The summed E-state index contributed by atoms with van der Waals surface area (Å²) in [6, 6.07) is 2.76. The van der Waals surface area contributed by atoms with E-state index in [2.05, 4.69) is 29.8 Å². The molecule has 76 valence electrons. The summed E-state index contributed by atoms with van der Waals surface area (Å²) in [4.78, 5) is 8.35. The Labute approximate surface area is 81.2 Å². The van der Waals surface area contributed by atoms with Crippen LogP contribution in [0, 0.1) is 0 Å². The van der Waals surface area contributed by atoms with Crippen molar-refractivity contribution in [2.75, 3.05) is 13.1 Å². The van der Waals surface area contributed by atoms with E-state index in [0.717, 1.165) is 25.8 Å². The van der Waals surface area contributed by atoms with Crippen molar-refractivity contribution in [3.05, 3.63) is 0 Å². The molecule has 0 aromatic carbocycles. The first kappa shape index (κ1) is 12.3. The molecular weight excluding hydrogens is 162 g/mol. The second-order valence-electron chi connectivity index (χ2n) is 3.16. The third-order valence-electron chi connectivity index (χ3n) is 2.44. The second-order valence-corrected chi connectivity index (χ2v) is 3.16. The zero-order valence-electron chi connectivity index (χ0n) is 9.01. The number of rotatable bonds is 6. The van der Waals surface area contributed by atoms with Gasteiger partial charge >= 0.3 is 0 Å². The van der Waals surface area contributed by atoms with Gasteiger partial charge in [0, 0.05) is 6.54 Å². The summed E-state index contributed by atoms with van der Waals surface area (Å²) in [5, 5.41) is 0. The van der Waals surface area contributed by atoms with Crippen LogP contribution >= 0.6 is 0 Å². The molecule has 0 aliphatic rings. The van der Waals surface area contributed by atoms with E-state index in [9.17, 15) is 0 Å². The van der Waals surface area contributed by atoms with Gasteiger partial charge in [-0.15, -0.1) is 0 Å². The van der Waals surface area contributed by atoms with Crippen LogP contribution in [0.5, 0.6) is 0 Å². The van der Waals surface area contributed by atoms with Gasteiger partial charge in [0.1, 0.15) is 0 Å². The van der Waals surface area contributed by atoms with Crippen molar-refractivity contribution in [3.63, 3.8) is 0 Å². The van der Waals surface area contributed by atoms with Gasteiger partial charge in [0.2, 0.25) is 0 Å². The molecule has 0 fully saturated rings. The summed E-state index contributed by atoms with van der Waals surface area (Å²) in [6.45, 7) is 7.67. The highest BCUT2D eigenvalue weighted by Crippen LogP contribution is 2.23. The van der Waals surface area contributed by atoms with Crippen molar-refractivity contribution in [1.82, 2.24) is 0 Å². The van der Waals surface area contributed by atoms with Gasteiger partial charge in [-0.1, -0.05) is 13.8 Å². The highest BCUT2D eigenvalue weighted by Gasteiger charge is 2.23. The molecule has 3 nitrogen and oxygen atoms in total. The molecule has 0 saturated heterocycles. The topological polar surface area (TPSA) is 50.7 Å². The summed E-state index contributed by atoms with van der Waals surface area (Å²) in [6.07, 6.45) is 2.94. The maximum Gasteiger partial charge on any atom is 0.0898 e. The van der Waals surface area contributed by atoms with Crippen LogP contribution in [0.2, 0.25) is 0 Å². The molecule has 0 bridgehead atoms. The Hall–Kier alpha value is -0.660. The molecule has 0 rings (SSSR count). The molecule has 0 aliphatic carbocycles. The first-order valence-electron chi connectivity index (χ1n) is 5.08. The van der Waals surface area contributed by atoms with Gasteiger partial charge in [-0.05, 0) is 32.7 Å². The quantitative estimate of drug-likeness (QED) is 0.630. The van der Waals surface area contributed by atoms with Crippen LogP contribution in [-0.4, -0.2) is 24.6 Å². The standard InChI is InChI=1S/C10H21N3/c1-4-10(5-2,7-8-11)13-9-12-6-3/h4-8,11H2,1-3H3. The van der Waals surface area contributed by atoms with Crippen molar-refractivity contribution in [2.24, 2.45) is 15.7 Å². The maximum absolute atomic E-state index is 5.55. The molecule has 2 N–H and O–H groups in total. The molecule has 0 heterocycles. The molecule has 0 saturated carbocycles. The highest BCUT2D eigenvalue weighted by atomic mass is 14.9. The zero-order chi connectivity index (χ0) is 10.2. The molecule has 13 heavy (non-hydrogen) atoms. The lowest BCUT2D eigenvalue weighted by Crippen LogP contribution is -2.27. The third kappa shape index (κ3) is 4.20. The van der Waals surface area contributed by atoms with Crippen LogP contribution in [-0.2, 0) is 0 Å². The Morgan fingerprint density at radius 1 is 1.23 bits per heavy atom. The Morgan fingerprint density at radius 3 is 2.23 bits per heavy atom. The van der Waals surface area contributed by atoms with Crippen molar-refractivity contribution >= 4 is 6.01 Å². The fourth-order valence-electron chi connectivity index (χ4n) is 1.30. The van der Waals surface area contributed by atoms with Crippen molar-refractivity contribution < 1.29 is 0 Å². The monoisotopic (exact) mass is 183 g/mol. The first-order valence-corrected chi connectivity index (χ1v) is 5.08. The Kier molecular flexibility index (Phi) is 6.47. The van der Waals surface area contributed by atoms with E-state index in [4.69, 9.17) is 5.73 Å². The molecule has 0 radical (unpaired) electrons. The molecular formula is C10H21N3. The van der Waals surface area contributed by atoms with Gasteiger partial charge in [-0.2, -0.15) is 0 Å². The van der Waals surface area contributed by atoms with Gasteiger partial charge in [-0.25, -0.2) is 9.98 Å². The highest BCUT2D eigenvalue weighted by molar-refractivity contribution is 5.42. The summed E-state index contributed by atoms with van der Waals surface area (Å²) >= 11 is 0. The minimum atomic E-state index is -0.0204. The molecule has 0 aromatic rings. The van der Waals surface area contributed by atoms with E-state index in [1.165, 1.54) is 0 Å². The summed E-state index contributed by atoms with van der Waals surface area (Å²) < 4.78 is 0. The van der Waals surface area contributed by atoms with Gasteiger partial charge in [0.05, 0.1) is 11.5 Å². The Morgan fingerprint density at radius 2 is 1.85 bits per heavy atom. The largest absolute Gasteiger partial charge is 0.330 e. The normalized spacial score (nSPS) is 10.8. The van der Waals surface area contributed by atoms with Crippen LogP contribution in [0.1, 0.15) is 40.0 Å². The maximum atomic E-state index is 5.55. The molecule has 0 aliphatic heterocycles. The lowest BCUT2D eigenvalue weighted by Gasteiger charge is -2.24. The summed E-state index contributed by atoms with van der Waals surface area (Å²) in [5.74, 6) is 0. The number of hydrogen-bond acceptors (Lipinski definition) is 3. The summed E-state index contributed by atoms with van der Waals surface area (Å²) in [7, 11) is 0. The van der Waals surface area contributed by atoms with Crippen LogP contribution in [0.3, 0.4) is 0 Å². The minimum Gasteiger partial charge on any atom is -0.330 e. The van der Waals surface area contributed by atoms with Crippen LogP contribution in [0.25, 0.3) is 0 Å².